The summed E-state index contributed by atoms with van der Waals surface area (Å²) < 4.78 is 45.2. The van der Waals surface area contributed by atoms with Crippen LogP contribution in [-0.4, -0.2) is 151 Å². The molecule has 68 heavy (non-hydrogen) atoms. The number of phosphoric acid groups is 1. The van der Waals surface area contributed by atoms with Crippen LogP contribution in [0.5, 0.6) is 0 Å². The molecule has 1 aliphatic carbocycles. The lowest BCUT2D eigenvalue weighted by molar-refractivity contribution is -0.338. The lowest BCUT2D eigenvalue weighted by Gasteiger charge is -2.47. The normalized spacial score (nSPS) is 28.0. The first-order valence-electron chi connectivity index (χ1n) is 25.7. The van der Waals surface area contributed by atoms with Gasteiger partial charge in [0.1, 0.15) is 67.6 Å². The molecule has 0 spiro atoms. The van der Waals surface area contributed by atoms with Gasteiger partial charge in [-0.2, -0.15) is 0 Å². The van der Waals surface area contributed by atoms with Gasteiger partial charge in [-0.3, -0.25) is 13.8 Å². The van der Waals surface area contributed by atoms with Gasteiger partial charge >= 0.3 is 19.8 Å². The maximum absolute atomic E-state index is 13.4. The van der Waals surface area contributed by atoms with E-state index < -0.39 is 113 Å². The molecule has 2 aliphatic rings. The predicted molar refractivity (Wildman–Crippen MR) is 254 cm³/mol. The Labute approximate surface area is 405 Å². The van der Waals surface area contributed by atoms with Crippen LogP contribution < -0.4 is 0 Å². The highest BCUT2D eigenvalue weighted by atomic mass is 31.2. The summed E-state index contributed by atoms with van der Waals surface area (Å²) in [4.78, 5) is 36.4. The zero-order valence-electron chi connectivity index (χ0n) is 40.9. The second-order valence-electron chi connectivity index (χ2n) is 18.4. The molecular weight excluding hydrogens is 907 g/mol. The zero-order chi connectivity index (χ0) is 50.2. The summed E-state index contributed by atoms with van der Waals surface area (Å²) >= 11 is 0. The summed E-state index contributed by atoms with van der Waals surface area (Å²) in [6.45, 7) is 2.13. The van der Waals surface area contributed by atoms with Crippen LogP contribution in [0.1, 0.15) is 181 Å². The third kappa shape index (κ3) is 25.5. The highest BCUT2D eigenvalue weighted by Gasteiger charge is 2.55. The minimum absolute atomic E-state index is 0.0939. The standard InChI is InChI=1S/C49H89O18P/c1-3-5-7-9-11-13-15-17-18-20-22-24-26-28-30-32-39(52)64-36(34-62-38(51)31-29-27-25-23-21-19-16-14-12-10-8-6-4-2)35-63-68(60,61)67-48-45(58)43(56)42(55)44(57)47(48)66-49-46(59)41(54)40(53)37(33-50)65-49/h26,28,30,32,36-37,40-50,53-59H,3-25,27,29,31,33-35H2,1-2H3,(H,60,61)/b28-26+,32-30+. The molecule has 18 nitrogen and oxygen atoms in total. The number of phosphoric ester groups is 1. The molecule has 0 aromatic heterocycles. The van der Waals surface area contributed by atoms with Crippen molar-refractivity contribution in [3.63, 3.8) is 0 Å². The van der Waals surface area contributed by atoms with Crippen molar-refractivity contribution in [2.45, 2.75) is 254 Å². The van der Waals surface area contributed by atoms with Crippen LogP contribution in [0.15, 0.2) is 24.3 Å². The minimum Gasteiger partial charge on any atom is -0.462 e. The van der Waals surface area contributed by atoms with E-state index in [0.717, 1.165) is 51.0 Å². The fraction of sp³-hybridized carbons (Fsp3) is 0.878. The van der Waals surface area contributed by atoms with Crippen molar-refractivity contribution in [1.82, 2.24) is 0 Å². The SMILES string of the molecule is CCCCCCCCCCCCC/C=C/C=C/C(=O)OC(COC(=O)CCCCCCCCCCCCCCC)COP(=O)(O)OC1C(O)C(O)C(O)C(O)C1OC1OC(CO)C(O)C(O)C1O. The Hall–Kier alpha value is -1.87. The molecule has 2 rings (SSSR count). The maximum Gasteiger partial charge on any atom is 0.472 e. The molecule has 13 atom stereocenters. The fourth-order valence-electron chi connectivity index (χ4n) is 8.26. The van der Waals surface area contributed by atoms with Gasteiger partial charge < -0.3 is 64.7 Å². The Bertz CT molecular complexity index is 1420. The van der Waals surface area contributed by atoms with Gasteiger partial charge in [0.2, 0.25) is 0 Å². The summed E-state index contributed by atoms with van der Waals surface area (Å²) in [6, 6.07) is 0. The molecule has 19 heteroatoms. The first-order chi connectivity index (χ1) is 32.7. The van der Waals surface area contributed by atoms with Gasteiger partial charge in [0.05, 0.1) is 13.2 Å². The maximum atomic E-state index is 13.4. The van der Waals surface area contributed by atoms with Crippen molar-refractivity contribution in [3.05, 3.63) is 24.3 Å². The number of ether oxygens (including phenoxy) is 4. The summed E-state index contributed by atoms with van der Waals surface area (Å²) in [7, 11) is -5.40. The lowest BCUT2D eigenvalue weighted by Crippen LogP contribution is -2.67. The minimum atomic E-state index is -5.40. The van der Waals surface area contributed by atoms with Crippen LogP contribution in [-0.2, 0) is 42.1 Å². The van der Waals surface area contributed by atoms with Crippen molar-refractivity contribution in [2.75, 3.05) is 19.8 Å². The zero-order valence-corrected chi connectivity index (χ0v) is 41.8. The fourth-order valence-corrected chi connectivity index (χ4v) is 9.23. The quantitative estimate of drug-likeness (QED) is 0.0114. The summed E-state index contributed by atoms with van der Waals surface area (Å²) in [6.07, 6.45) is 11.9. The Kier molecular flexibility index (Phi) is 33.8. The second kappa shape index (κ2) is 37.0. The summed E-state index contributed by atoms with van der Waals surface area (Å²) in [5.41, 5.74) is 0. The molecule has 0 radical (unpaired) electrons. The molecule has 2 fully saturated rings. The number of hydrogen-bond donors (Lipinski definition) is 9. The molecular formula is C49H89O18P. The topological polar surface area (TPSA) is 289 Å². The van der Waals surface area contributed by atoms with E-state index in [1.165, 1.54) is 115 Å². The highest BCUT2D eigenvalue weighted by Crippen LogP contribution is 2.48. The van der Waals surface area contributed by atoms with E-state index in [0.29, 0.717) is 6.42 Å². The molecule has 0 aromatic rings. The molecule has 1 aliphatic heterocycles. The Morgan fingerprint density at radius 3 is 1.57 bits per heavy atom. The number of hydrogen-bond acceptors (Lipinski definition) is 17. The molecule has 1 saturated heterocycles. The van der Waals surface area contributed by atoms with E-state index in [2.05, 4.69) is 13.8 Å². The number of aliphatic hydroxyl groups is 8. The summed E-state index contributed by atoms with van der Waals surface area (Å²) in [5, 5.41) is 82.9. The van der Waals surface area contributed by atoms with E-state index in [-0.39, 0.29) is 6.42 Å². The largest absolute Gasteiger partial charge is 0.472 e. The van der Waals surface area contributed by atoms with Crippen LogP contribution >= 0.6 is 7.82 Å². The molecule has 0 aromatic carbocycles. The number of rotatable bonds is 39. The average Bonchev–Trinajstić information content (AvgIpc) is 3.32. The number of carbonyl (C=O) groups is 2. The van der Waals surface area contributed by atoms with Gasteiger partial charge in [-0.05, 0) is 19.3 Å². The smallest absolute Gasteiger partial charge is 0.462 e. The Balaban J connectivity index is 1.98. The van der Waals surface area contributed by atoms with Crippen molar-refractivity contribution in [2.24, 2.45) is 0 Å². The first kappa shape index (κ1) is 62.2. The van der Waals surface area contributed by atoms with Crippen LogP contribution in [0, 0.1) is 0 Å². The van der Waals surface area contributed by atoms with Crippen molar-refractivity contribution in [3.8, 4) is 0 Å². The second-order valence-corrected chi connectivity index (χ2v) is 19.8. The van der Waals surface area contributed by atoms with Crippen LogP contribution in [0.2, 0.25) is 0 Å². The third-order valence-corrected chi connectivity index (χ3v) is 13.5. The third-order valence-electron chi connectivity index (χ3n) is 12.5. The van der Waals surface area contributed by atoms with Crippen molar-refractivity contribution in [1.29, 1.82) is 0 Å². The first-order valence-corrected chi connectivity index (χ1v) is 27.2. The van der Waals surface area contributed by atoms with Crippen molar-refractivity contribution < 1.29 is 87.9 Å². The molecule has 1 saturated carbocycles. The van der Waals surface area contributed by atoms with E-state index >= 15 is 0 Å². The predicted octanol–water partition coefficient (Wildman–Crippen LogP) is 5.88. The summed E-state index contributed by atoms with van der Waals surface area (Å²) in [5.74, 6) is -1.46. The van der Waals surface area contributed by atoms with Gasteiger partial charge in [0.25, 0.3) is 0 Å². The van der Waals surface area contributed by atoms with Crippen LogP contribution in [0.25, 0.3) is 0 Å². The number of carbonyl (C=O) groups excluding carboxylic acids is 2. The van der Waals surface area contributed by atoms with Crippen LogP contribution in [0.4, 0.5) is 0 Å². The van der Waals surface area contributed by atoms with E-state index in [9.17, 15) is 59.9 Å². The van der Waals surface area contributed by atoms with Gasteiger partial charge in [-0.15, -0.1) is 0 Å². The van der Waals surface area contributed by atoms with Gasteiger partial charge in [0.15, 0.2) is 12.4 Å². The highest BCUT2D eigenvalue weighted by molar-refractivity contribution is 7.47. The van der Waals surface area contributed by atoms with E-state index in [4.69, 9.17) is 28.0 Å². The van der Waals surface area contributed by atoms with E-state index in [1.807, 2.05) is 6.08 Å². The number of allylic oxidation sites excluding steroid dienone is 3. The van der Waals surface area contributed by atoms with Gasteiger partial charge in [0, 0.05) is 12.5 Å². The van der Waals surface area contributed by atoms with Crippen molar-refractivity contribution >= 4 is 19.8 Å². The average molecular weight is 997 g/mol. The molecule has 9 N–H and O–H groups in total. The molecule has 0 bridgehead atoms. The molecule has 1 heterocycles. The van der Waals surface area contributed by atoms with Crippen LogP contribution in [0.3, 0.4) is 0 Å². The Morgan fingerprint density at radius 1 is 0.588 bits per heavy atom. The molecule has 13 unspecified atom stereocenters. The number of unbranched alkanes of at least 4 members (excludes halogenated alkanes) is 23. The lowest BCUT2D eigenvalue weighted by atomic mass is 9.84. The number of aliphatic hydroxyl groups excluding tert-OH is 8. The number of esters is 2. The molecule has 398 valence electrons. The van der Waals surface area contributed by atoms with Gasteiger partial charge in [-0.25, -0.2) is 9.36 Å². The van der Waals surface area contributed by atoms with E-state index in [1.54, 1.807) is 6.08 Å². The Morgan fingerprint density at radius 2 is 1.06 bits per heavy atom. The molecule has 0 amide bonds. The van der Waals surface area contributed by atoms with Gasteiger partial charge in [-0.1, -0.05) is 173 Å². The monoisotopic (exact) mass is 997 g/mol.